The van der Waals surface area contributed by atoms with Gasteiger partial charge in [0.05, 0.1) is 12.8 Å². The van der Waals surface area contributed by atoms with Crippen molar-refractivity contribution in [2.45, 2.75) is 40.0 Å². The first-order valence-corrected chi connectivity index (χ1v) is 9.44. The zero-order chi connectivity index (χ0) is 19.8. The van der Waals surface area contributed by atoms with Gasteiger partial charge < -0.3 is 9.47 Å². The number of nitrogens with one attached hydrogen (secondary N) is 1. The number of anilines is 1. The number of ether oxygens (including phenoxy) is 2. The summed E-state index contributed by atoms with van der Waals surface area (Å²) in [5, 5.41) is 7.01. The van der Waals surface area contributed by atoms with Crippen molar-refractivity contribution in [2.24, 2.45) is 0 Å². The average Bonchev–Trinajstić information content (AvgIpc) is 3.10. The average molecular weight is 388 g/mol. The first kappa shape index (κ1) is 19.2. The molecule has 0 spiro atoms. The van der Waals surface area contributed by atoms with Gasteiger partial charge in [0, 0.05) is 10.4 Å². The van der Waals surface area contributed by atoms with Crippen LogP contribution < -0.4 is 14.8 Å². The summed E-state index contributed by atoms with van der Waals surface area (Å²) in [7, 11) is 1.63. The lowest BCUT2D eigenvalue weighted by atomic mass is 9.86. The molecule has 0 bridgehead atoms. The van der Waals surface area contributed by atoms with Crippen molar-refractivity contribution >= 4 is 28.2 Å². The Morgan fingerprint density at radius 1 is 1.30 bits per heavy atom. The highest BCUT2D eigenvalue weighted by Gasteiger charge is 2.21. The topological polar surface area (TPSA) is 77.8 Å². The molecule has 0 atom stereocenters. The molecule has 3 aromatic rings. The second-order valence-corrected chi connectivity index (χ2v) is 8.50. The van der Waals surface area contributed by atoms with Gasteiger partial charge in [-0.25, -0.2) is 4.52 Å². The van der Waals surface area contributed by atoms with E-state index in [4.69, 9.17) is 9.47 Å². The fourth-order valence-electron chi connectivity index (χ4n) is 2.65. The molecule has 1 amide bonds. The van der Waals surface area contributed by atoms with Crippen molar-refractivity contribution < 1.29 is 14.3 Å². The number of thiazole rings is 1. The van der Waals surface area contributed by atoms with Gasteiger partial charge in [0.25, 0.3) is 11.9 Å². The van der Waals surface area contributed by atoms with E-state index in [1.54, 1.807) is 11.6 Å². The number of carbonyl (C=O) groups is 1. The molecule has 0 aliphatic heterocycles. The number of carbonyl (C=O) groups excluding carboxylic acids is 1. The van der Waals surface area contributed by atoms with Gasteiger partial charge in [-0.05, 0) is 37.5 Å². The van der Waals surface area contributed by atoms with Gasteiger partial charge in [-0.3, -0.25) is 10.1 Å². The Bertz CT molecular complexity index is 985. The molecule has 0 saturated heterocycles. The largest absolute Gasteiger partial charge is 0.497 e. The number of aromatic nitrogens is 3. The third-order valence-corrected chi connectivity index (χ3v) is 5.30. The lowest BCUT2D eigenvalue weighted by Crippen LogP contribution is -2.22. The van der Waals surface area contributed by atoms with E-state index in [2.05, 4.69) is 36.2 Å². The molecule has 27 heavy (non-hydrogen) atoms. The summed E-state index contributed by atoms with van der Waals surface area (Å²) >= 11 is 1.54. The maximum Gasteiger partial charge on any atom is 0.264 e. The maximum absolute atomic E-state index is 12.3. The smallest absolute Gasteiger partial charge is 0.264 e. The van der Waals surface area contributed by atoms with Crippen molar-refractivity contribution in [1.29, 1.82) is 0 Å². The Labute approximate surface area is 162 Å². The first-order valence-electron chi connectivity index (χ1n) is 8.63. The molecule has 144 valence electrons. The fraction of sp³-hybridized carbons (Fsp3) is 0.421. The molecule has 0 fully saturated rings. The molecule has 2 heterocycles. The summed E-state index contributed by atoms with van der Waals surface area (Å²) in [6, 6.07) is 5.58. The number of amides is 1. The van der Waals surface area contributed by atoms with Crippen molar-refractivity contribution in [3.05, 3.63) is 34.3 Å². The van der Waals surface area contributed by atoms with Crippen LogP contribution in [-0.2, 0) is 10.2 Å². The molecule has 1 aromatic carbocycles. The van der Waals surface area contributed by atoms with Crippen LogP contribution in [0, 0.1) is 13.8 Å². The Morgan fingerprint density at radius 3 is 2.67 bits per heavy atom. The number of hydrogen-bond donors (Lipinski definition) is 1. The quantitative estimate of drug-likeness (QED) is 0.721. The Hall–Kier alpha value is -2.61. The standard InChI is InChI=1S/C19H24N4O3S/c1-11-12(2)27-18-21-17(22-23(11)18)20-16(24)10-26-15-8-7-13(25-6)9-14(15)19(3,4)5/h7-9H,10H2,1-6H3,(H,20,22,24). The van der Waals surface area contributed by atoms with Crippen molar-refractivity contribution in [3.8, 4) is 11.5 Å². The summed E-state index contributed by atoms with van der Waals surface area (Å²) < 4.78 is 12.8. The van der Waals surface area contributed by atoms with Gasteiger partial charge in [0.1, 0.15) is 11.5 Å². The van der Waals surface area contributed by atoms with Gasteiger partial charge in [-0.15, -0.1) is 5.10 Å². The number of methoxy groups -OCH3 is 1. The normalized spacial score (nSPS) is 11.6. The molecule has 7 nitrogen and oxygen atoms in total. The van der Waals surface area contributed by atoms with Gasteiger partial charge in [0.2, 0.25) is 4.96 Å². The minimum atomic E-state index is -0.307. The number of benzene rings is 1. The molecule has 0 radical (unpaired) electrons. The molecular weight excluding hydrogens is 364 g/mol. The number of fused-ring (bicyclic) bond motifs is 1. The molecule has 3 rings (SSSR count). The molecule has 0 saturated carbocycles. The Morgan fingerprint density at radius 2 is 2.04 bits per heavy atom. The number of rotatable bonds is 5. The van der Waals surface area contributed by atoms with E-state index in [0.29, 0.717) is 5.75 Å². The van der Waals surface area contributed by atoms with E-state index < -0.39 is 0 Å². The SMILES string of the molecule is COc1ccc(OCC(=O)Nc2nc3sc(C)c(C)n3n2)c(C(C)(C)C)c1. The summed E-state index contributed by atoms with van der Waals surface area (Å²) in [5.74, 6) is 1.38. The van der Waals surface area contributed by atoms with Crippen molar-refractivity contribution in [3.63, 3.8) is 0 Å². The van der Waals surface area contributed by atoms with Crippen LogP contribution in [0.1, 0.15) is 36.9 Å². The van der Waals surface area contributed by atoms with Crippen molar-refractivity contribution in [2.75, 3.05) is 19.0 Å². The van der Waals surface area contributed by atoms with Gasteiger partial charge in [-0.2, -0.15) is 4.98 Å². The fourth-order valence-corrected chi connectivity index (χ4v) is 3.55. The van der Waals surface area contributed by atoms with Crippen LogP contribution >= 0.6 is 11.3 Å². The molecule has 0 unspecified atom stereocenters. The lowest BCUT2D eigenvalue weighted by molar-refractivity contribution is -0.118. The predicted molar refractivity (Wildman–Crippen MR) is 106 cm³/mol. The number of aryl methyl sites for hydroxylation is 2. The molecule has 0 aliphatic carbocycles. The van der Waals surface area contributed by atoms with Crippen LogP contribution in [0.5, 0.6) is 11.5 Å². The summed E-state index contributed by atoms with van der Waals surface area (Å²) in [6.07, 6.45) is 0. The Kier molecular flexibility index (Phi) is 5.10. The van der Waals surface area contributed by atoms with E-state index in [-0.39, 0.29) is 23.9 Å². The van der Waals surface area contributed by atoms with Gasteiger partial charge in [0.15, 0.2) is 6.61 Å². The molecule has 2 aromatic heterocycles. The van der Waals surface area contributed by atoms with Gasteiger partial charge >= 0.3 is 0 Å². The number of nitrogens with zero attached hydrogens (tertiary/aromatic N) is 3. The van der Waals surface area contributed by atoms with Crippen LogP contribution in [0.4, 0.5) is 5.95 Å². The second kappa shape index (κ2) is 7.19. The maximum atomic E-state index is 12.3. The highest BCUT2D eigenvalue weighted by atomic mass is 32.1. The minimum absolute atomic E-state index is 0.125. The molecular formula is C19H24N4O3S. The third-order valence-electron chi connectivity index (χ3n) is 4.25. The molecule has 1 N–H and O–H groups in total. The minimum Gasteiger partial charge on any atom is -0.497 e. The van der Waals surface area contributed by atoms with Gasteiger partial charge in [-0.1, -0.05) is 32.1 Å². The van der Waals surface area contributed by atoms with E-state index in [0.717, 1.165) is 26.8 Å². The summed E-state index contributed by atoms with van der Waals surface area (Å²) in [4.78, 5) is 18.5. The zero-order valence-electron chi connectivity index (χ0n) is 16.4. The van der Waals surface area contributed by atoms with E-state index in [1.165, 1.54) is 11.3 Å². The van der Waals surface area contributed by atoms with Crippen LogP contribution in [0.15, 0.2) is 18.2 Å². The highest BCUT2D eigenvalue weighted by molar-refractivity contribution is 7.17. The predicted octanol–water partition coefficient (Wildman–Crippen LogP) is 3.73. The molecule has 8 heteroatoms. The first-order chi connectivity index (χ1) is 12.7. The monoisotopic (exact) mass is 388 g/mol. The van der Waals surface area contributed by atoms with Crippen molar-refractivity contribution in [1.82, 2.24) is 14.6 Å². The third kappa shape index (κ3) is 4.05. The summed E-state index contributed by atoms with van der Waals surface area (Å²) in [5.41, 5.74) is 1.85. The van der Waals surface area contributed by atoms with Crippen LogP contribution in [-0.4, -0.2) is 34.2 Å². The zero-order valence-corrected chi connectivity index (χ0v) is 17.2. The Balaban J connectivity index is 1.69. The number of hydrogen-bond acceptors (Lipinski definition) is 6. The van der Waals surface area contributed by atoms with E-state index in [9.17, 15) is 4.79 Å². The van der Waals surface area contributed by atoms with E-state index in [1.807, 2.05) is 32.0 Å². The lowest BCUT2D eigenvalue weighted by Gasteiger charge is -2.23. The molecule has 0 aliphatic rings. The van der Waals surface area contributed by atoms with E-state index >= 15 is 0 Å². The summed E-state index contributed by atoms with van der Waals surface area (Å²) in [6.45, 7) is 10.1. The van der Waals surface area contributed by atoms with Crippen LogP contribution in [0.3, 0.4) is 0 Å². The second-order valence-electron chi connectivity index (χ2n) is 7.32. The van der Waals surface area contributed by atoms with Crippen LogP contribution in [0.25, 0.3) is 4.96 Å². The van der Waals surface area contributed by atoms with Crippen LogP contribution in [0.2, 0.25) is 0 Å². The highest BCUT2D eigenvalue weighted by Crippen LogP contribution is 2.34.